The van der Waals surface area contributed by atoms with Gasteiger partial charge in [-0.05, 0) is 77.9 Å². The summed E-state index contributed by atoms with van der Waals surface area (Å²) in [6.07, 6.45) is 3.23. The largest absolute Gasteiger partial charge is 0.493 e. The lowest BCUT2D eigenvalue weighted by Crippen LogP contribution is -2.54. The number of hydrogen-bond donors (Lipinski definition) is 1. The van der Waals surface area contributed by atoms with Gasteiger partial charge in [-0.25, -0.2) is 9.69 Å². The fourth-order valence-electron chi connectivity index (χ4n) is 7.13. The number of nitrogens with zero attached hydrogens (tertiary/aromatic N) is 2. The van der Waals surface area contributed by atoms with Crippen molar-refractivity contribution in [1.82, 2.24) is 5.32 Å². The standard InChI is InChI=1S/C38H34ClN3O5/c1-3-47-35-32(39)19-23(20-33(35)46-2)18-31-36(43)40-38(45)42(37(31)44)26-21-29-27(24-10-6-4-7-11-24)14-16-41-17-15-28(30(22-26)34(29)41)25-12-8-5-9-13-25/h4-13,18-22,27-28H,3,14-17H2,1-2H3,(H,40,43,45)/b31-18+/t27-,28-/m1/s1. The van der Waals surface area contributed by atoms with Gasteiger partial charge in [-0.3, -0.25) is 14.9 Å². The van der Waals surface area contributed by atoms with E-state index in [2.05, 4.69) is 34.5 Å². The molecule has 1 fully saturated rings. The number of barbiturate groups is 1. The van der Waals surface area contributed by atoms with E-state index in [0.29, 0.717) is 29.4 Å². The second-order valence-corrected chi connectivity index (χ2v) is 12.3. The third kappa shape index (κ3) is 5.52. The lowest BCUT2D eigenvalue weighted by atomic mass is 9.76. The number of amides is 4. The maximum atomic E-state index is 14.2. The summed E-state index contributed by atoms with van der Waals surface area (Å²) in [5.74, 6) is -0.614. The predicted molar refractivity (Wildman–Crippen MR) is 183 cm³/mol. The third-order valence-corrected chi connectivity index (χ3v) is 9.49. The Balaban J connectivity index is 1.36. The van der Waals surface area contributed by atoms with Crippen LogP contribution in [0, 0.1) is 0 Å². The van der Waals surface area contributed by atoms with Crippen molar-refractivity contribution in [3.8, 4) is 11.5 Å². The van der Waals surface area contributed by atoms with Gasteiger partial charge < -0.3 is 14.4 Å². The van der Waals surface area contributed by atoms with Crippen molar-refractivity contribution in [3.63, 3.8) is 0 Å². The Bertz CT molecular complexity index is 1840. The van der Waals surface area contributed by atoms with Gasteiger partial charge in [0.15, 0.2) is 11.5 Å². The van der Waals surface area contributed by atoms with E-state index in [0.717, 1.165) is 42.0 Å². The van der Waals surface area contributed by atoms with Crippen LogP contribution in [0.4, 0.5) is 16.2 Å². The Kier molecular flexibility index (Phi) is 8.20. The van der Waals surface area contributed by atoms with Crippen molar-refractivity contribution in [2.24, 2.45) is 0 Å². The molecule has 0 aliphatic carbocycles. The van der Waals surface area contributed by atoms with Crippen molar-refractivity contribution in [3.05, 3.63) is 123 Å². The molecule has 0 unspecified atom stereocenters. The summed E-state index contributed by atoms with van der Waals surface area (Å²) in [4.78, 5) is 44.4. The number of imide groups is 2. The van der Waals surface area contributed by atoms with Crippen LogP contribution in [0.3, 0.4) is 0 Å². The van der Waals surface area contributed by atoms with Gasteiger partial charge in [0.2, 0.25) is 0 Å². The van der Waals surface area contributed by atoms with Crippen LogP contribution in [0.1, 0.15) is 59.4 Å². The first-order chi connectivity index (χ1) is 22.9. The molecule has 3 aliphatic heterocycles. The molecule has 9 heteroatoms. The Morgan fingerprint density at radius 2 is 1.47 bits per heavy atom. The third-order valence-electron chi connectivity index (χ3n) is 9.21. The highest BCUT2D eigenvalue weighted by Crippen LogP contribution is 2.50. The van der Waals surface area contributed by atoms with Gasteiger partial charge >= 0.3 is 6.03 Å². The summed E-state index contributed by atoms with van der Waals surface area (Å²) in [7, 11) is 1.49. The topological polar surface area (TPSA) is 88.2 Å². The molecule has 4 aromatic rings. The number of urea groups is 1. The number of hydrogen-bond acceptors (Lipinski definition) is 6. The van der Waals surface area contributed by atoms with Crippen LogP contribution in [0.5, 0.6) is 11.5 Å². The Hall–Kier alpha value is -5.08. The number of ether oxygens (including phenoxy) is 2. The molecule has 8 nitrogen and oxygen atoms in total. The molecule has 3 aliphatic rings. The minimum atomic E-state index is -0.789. The van der Waals surface area contributed by atoms with Gasteiger partial charge in [0.25, 0.3) is 11.8 Å². The average molecular weight is 648 g/mol. The molecular weight excluding hydrogens is 614 g/mol. The minimum absolute atomic E-state index is 0.0775. The second kappa shape index (κ2) is 12.6. The first-order valence-electron chi connectivity index (χ1n) is 15.8. The highest BCUT2D eigenvalue weighted by Gasteiger charge is 2.40. The molecule has 1 N–H and O–H groups in total. The smallest absolute Gasteiger partial charge is 0.335 e. The van der Waals surface area contributed by atoms with Crippen molar-refractivity contribution in [2.45, 2.75) is 31.6 Å². The molecule has 4 amide bonds. The predicted octanol–water partition coefficient (Wildman–Crippen LogP) is 7.29. The summed E-state index contributed by atoms with van der Waals surface area (Å²) >= 11 is 6.49. The van der Waals surface area contributed by atoms with E-state index < -0.39 is 17.8 Å². The van der Waals surface area contributed by atoms with E-state index in [-0.39, 0.29) is 22.4 Å². The maximum absolute atomic E-state index is 14.2. The summed E-state index contributed by atoms with van der Waals surface area (Å²) in [6.45, 7) is 4.04. The molecule has 0 spiro atoms. The Morgan fingerprint density at radius 1 is 0.872 bits per heavy atom. The molecular formula is C38H34ClN3O5. The summed E-state index contributed by atoms with van der Waals surface area (Å²) in [6, 6.07) is 27.0. The van der Waals surface area contributed by atoms with E-state index in [9.17, 15) is 14.4 Å². The SMILES string of the molecule is CCOc1c(Cl)cc(/C=C2\C(=O)NC(=O)N(c3cc4c5c(c3)[C@@H](c3ccccc3)CCN5CC[C@@H]4c3ccccc3)C2=O)cc1OC. The highest BCUT2D eigenvalue weighted by atomic mass is 35.5. The van der Waals surface area contributed by atoms with E-state index in [1.54, 1.807) is 12.1 Å². The monoisotopic (exact) mass is 647 g/mol. The first-order valence-corrected chi connectivity index (χ1v) is 16.2. The molecule has 0 aromatic heterocycles. The number of carbonyl (C=O) groups excluding carboxylic acids is 3. The van der Waals surface area contributed by atoms with Gasteiger partial charge in [0.1, 0.15) is 5.57 Å². The summed E-state index contributed by atoms with van der Waals surface area (Å²) in [5.41, 5.74) is 6.35. The van der Waals surface area contributed by atoms with Crippen molar-refractivity contribution in [1.29, 1.82) is 0 Å². The van der Waals surface area contributed by atoms with Crippen LogP contribution in [-0.2, 0) is 9.59 Å². The molecule has 47 heavy (non-hydrogen) atoms. The zero-order chi connectivity index (χ0) is 32.7. The molecule has 0 radical (unpaired) electrons. The molecule has 238 valence electrons. The number of anilines is 2. The van der Waals surface area contributed by atoms with Gasteiger partial charge in [-0.2, -0.15) is 0 Å². The average Bonchev–Trinajstić information content (AvgIpc) is 3.08. The van der Waals surface area contributed by atoms with Crippen molar-refractivity contribution in [2.75, 3.05) is 36.6 Å². The number of nitrogens with one attached hydrogen (secondary N) is 1. The Morgan fingerprint density at radius 3 is 2.02 bits per heavy atom. The number of carbonyl (C=O) groups is 3. The summed E-state index contributed by atoms with van der Waals surface area (Å²) < 4.78 is 11.1. The van der Waals surface area contributed by atoms with E-state index >= 15 is 0 Å². The van der Waals surface area contributed by atoms with Crippen LogP contribution in [0.2, 0.25) is 5.02 Å². The first kappa shape index (κ1) is 30.6. The zero-order valence-electron chi connectivity index (χ0n) is 26.2. The lowest BCUT2D eigenvalue weighted by Gasteiger charge is -2.44. The van der Waals surface area contributed by atoms with E-state index in [1.807, 2.05) is 55.5 Å². The molecule has 3 heterocycles. The quantitative estimate of drug-likeness (QED) is 0.167. The van der Waals surface area contributed by atoms with Crippen LogP contribution in [-0.4, -0.2) is 44.7 Å². The molecule has 0 saturated carbocycles. The fourth-order valence-corrected chi connectivity index (χ4v) is 7.41. The number of rotatable bonds is 7. The maximum Gasteiger partial charge on any atom is 0.335 e. The normalized spacial score (nSPS) is 19.8. The molecule has 4 aromatic carbocycles. The fraction of sp³-hybridized carbons (Fsp3) is 0.237. The number of benzene rings is 4. The number of halogens is 1. The summed E-state index contributed by atoms with van der Waals surface area (Å²) in [5, 5.41) is 2.66. The van der Waals surface area contributed by atoms with E-state index in [1.165, 1.54) is 30.0 Å². The van der Waals surface area contributed by atoms with Gasteiger partial charge in [-0.15, -0.1) is 0 Å². The minimum Gasteiger partial charge on any atom is -0.493 e. The second-order valence-electron chi connectivity index (χ2n) is 11.9. The van der Waals surface area contributed by atoms with Crippen LogP contribution >= 0.6 is 11.6 Å². The molecule has 1 saturated heterocycles. The lowest BCUT2D eigenvalue weighted by molar-refractivity contribution is -0.122. The van der Waals surface area contributed by atoms with Crippen LogP contribution in [0.15, 0.2) is 90.5 Å². The molecule has 2 atom stereocenters. The van der Waals surface area contributed by atoms with Gasteiger partial charge in [0, 0.05) is 30.6 Å². The van der Waals surface area contributed by atoms with Gasteiger partial charge in [0.05, 0.1) is 24.4 Å². The van der Waals surface area contributed by atoms with Crippen LogP contribution in [0.25, 0.3) is 6.08 Å². The van der Waals surface area contributed by atoms with Crippen molar-refractivity contribution < 1.29 is 23.9 Å². The van der Waals surface area contributed by atoms with Crippen molar-refractivity contribution >= 4 is 46.9 Å². The Labute approximate surface area is 278 Å². The van der Waals surface area contributed by atoms with E-state index in [4.69, 9.17) is 21.1 Å². The highest BCUT2D eigenvalue weighted by molar-refractivity contribution is 6.39. The molecule has 0 bridgehead atoms. The number of methoxy groups -OCH3 is 1. The molecule has 7 rings (SSSR count). The zero-order valence-corrected chi connectivity index (χ0v) is 26.9. The van der Waals surface area contributed by atoms with Crippen LogP contribution < -0.4 is 24.6 Å². The van der Waals surface area contributed by atoms with Gasteiger partial charge in [-0.1, -0.05) is 72.3 Å².